The molecule has 0 bridgehead atoms. The van der Waals surface area contributed by atoms with Crippen molar-refractivity contribution in [2.24, 2.45) is 0 Å². The molecule has 7 nitrogen and oxygen atoms in total. The van der Waals surface area contributed by atoms with E-state index in [1.807, 2.05) is 0 Å². The fraction of sp³-hybridized carbons (Fsp3) is 0.320. The molecule has 0 saturated heterocycles. The van der Waals surface area contributed by atoms with E-state index in [4.69, 9.17) is 4.74 Å². The molecule has 1 amide bonds. The Bertz CT molecular complexity index is 1210. The Balaban J connectivity index is 1.52. The van der Waals surface area contributed by atoms with Gasteiger partial charge >= 0.3 is 0 Å². The summed E-state index contributed by atoms with van der Waals surface area (Å²) in [7, 11) is 3.55. The molecule has 3 aromatic rings. The van der Waals surface area contributed by atoms with E-state index in [0.717, 1.165) is 12.3 Å². The Morgan fingerprint density at radius 1 is 1.09 bits per heavy atom. The molecule has 3 heterocycles. The van der Waals surface area contributed by atoms with Crippen molar-refractivity contribution in [3.8, 4) is 5.75 Å². The van der Waals surface area contributed by atoms with Crippen molar-refractivity contribution in [2.45, 2.75) is 19.1 Å². The van der Waals surface area contributed by atoms with Crippen LogP contribution >= 0.6 is 0 Å². The molecule has 1 N–H and O–H groups in total. The first-order valence-corrected chi connectivity index (χ1v) is 11.2. The van der Waals surface area contributed by atoms with Gasteiger partial charge in [0, 0.05) is 32.6 Å². The molecule has 1 aliphatic heterocycles. The van der Waals surface area contributed by atoms with Crippen LogP contribution < -0.4 is 15.0 Å². The highest BCUT2D eigenvalue weighted by Gasteiger charge is 2.27. The van der Waals surface area contributed by atoms with Crippen LogP contribution in [0.3, 0.4) is 0 Å². The first-order chi connectivity index (χ1) is 16.9. The van der Waals surface area contributed by atoms with E-state index in [1.54, 1.807) is 31.1 Å². The van der Waals surface area contributed by atoms with Gasteiger partial charge in [-0.2, -0.15) is 0 Å². The number of hydrogen-bond acceptors (Lipinski definition) is 6. The smallest absolute Gasteiger partial charge is 0.258 e. The van der Waals surface area contributed by atoms with E-state index in [9.17, 15) is 13.6 Å². The van der Waals surface area contributed by atoms with Gasteiger partial charge in [-0.1, -0.05) is 12.1 Å². The maximum atomic E-state index is 15.0. The number of nitrogens with zero attached hydrogens (tertiary/aromatic N) is 4. The SMILES string of the molecule is CNCCC(Oc1cnc(CN2CCN(C)c3ncc(F)cc3C2=O)c(F)c1)c1cccc(F)c1. The van der Waals surface area contributed by atoms with Crippen molar-refractivity contribution in [3.63, 3.8) is 0 Å². The average molecular weight is 486 g/mol. The second-order valence-corrected chi connectivity index (χ2v) is 8.33. The van der Waals surface area contributed by atoms with E-state index < -0.39 is 23.6 Å². The Kier molecular flexibility index (Phi) is 7.50. The van der Waals surface area contributed by atoms with Gasteiger partial charge in [-0.15, -0.1) is 0 Å². The van der Waals surface area contributed by atoms with Crippen LogP contribution in [-0.4, -0.2) is 54.5 Å². The van der Waals surface area contributed by atoms with Crippen LogP contribution in [-0.2, 0) is 6.54 Å². The van der Waals surface area contributed by atoms with Crippen molar-refractivity contribution in [1.82, 2.24) is 20.2 Å². The van der Waals surface area contributed by atoms with Crippen LogP contribution in [0, 0.1) is 17.5 Å². The summed E-state index contributed by atoms with van der Waals surface area (Å²) in [5.41, 5.74) is 0.801. The summed E-state index contributed by atoms with van der Waals surface area (Å²) in [6.07, 6.45) is 2.47. The van der Waals surface area contributed by atoms with Gasteiger partial charge in [0.15, 0.2) is 0 Å². The number of carbonyl (C=O) groups is 1. The first kappa shape index (κ1) is 24.5. The van der Waals surface area contributed by atoms with Gasteiger partial charge < -0.3 is 19.9 Å². The third kappa shape index (κ3) is 5.71. The van der Waals surface area contributed by atoms with Gasteiger partial charge in [0.05, 0.1) is 30.2 Å². The lowest BCUT2D eigenvalue weighted by Gasteiger charge is -2.22. The summed E-state index contributed by atoms with van der Waals surface area (Å²) < 4.78 is 48.4. The molecule has 1 aromatic carbocycles. The van der Waals surface area contributed by atoms with Gasteiger partial charge in [-0.3, -0.25) is 9.78 Å². The molecule has 4 rings (SSSR count). The number of carbonyl (C=O) groups excluding carboxylic acids is 1. The number of aromatic nitrogens is 2. The van der Waals surface area contributed by atoms with Crippen molar-refractivity contribution in [3.05, 3.63) is 83.1 Å². The summed E-state index contributed by atoms with van der Waals surface area (Å²) in [5.74, 6) is -1.53. The zero-order valence-corrected chi connectivity index (χ0v) is 19.5. The summed E-state index contributed by atoms with van der Waals surface area (Å²) >= 11 is 0. The van der Waals surface area contributed by atoms with Crippen LogP contribution in [0.1, 0.15) is 34.1 Å². The number of hydrogen-bond donors (Lipinski definition) is 1. The number of benzene rings is 1. The molecule has 1 unspecified atom stereocenters. The minimum absolute atomic E-state index is 0.0543. The first-order valence-electron chi connectivity index (χ1n) is 11.2. The van der Waals surface area contributed by atoms with Gasteiger partial charge in [0.25, 0.3) is 5.91 Å². The fourth-order valence-corrected chi connectivity index (χ4v) is 3.94. The third-order valence-corrected chi connectivity index (χ3v) is 5.81. The minimum atomic E-state index is -0.642. The fourth-order valence-electron chi connectivity index (χ4n) is 3.94. The topological polar surface area (TPSA) is 70.6 Å². The van der Waals surface area contributed by atoms with Crippen molar-refractivity contribution in [2.75, 3.05) is 38.6 Å². The molecule has 1 atom stereocenters. The van der Waals surface area contributed by atoms with Crippen LogP contribution in [0.5, 0.6) is 5.75 Å². The molecule has 10 heteroatoms. The number of nitrogens with one attached hydrogen (secondary N) is 1. The summed E-state index contributed by atoms with van der Waals surface area (Å²) in [6.45, 7) is 1.25. The Morgan fingerprint density at radius 3 is 2.66 bits per heavy atom. The number of rotatable bonds is 8. The monoisotopic (exact) mass is 485 g/mol. The number of ether oxygens (including phenoxy) is 1. The lowest BCUT2D eigenvalue weighted by atomic mass is 10.1. The predicted molar refractivity (Wildman–Crippen MR) is 125 cm³/mol. The molecule has 35 heavy (non-hydrogen) atoms. The molecular formula is C25H26F3N5O2. The van der Waals surface area contributed by atoms with E-state index >= 15 is 4.39 Å². The predicted octanol–water partition coefficient (Wildman–Crippen LogP) is 3.72. The van der Waals surface area contributed by atoms with Crippen LogP contribution in [0.2, 0.25) is 0 Å². The van der Waals surface area contributed by atoms with E-state index in [2.05, 4.69) is 15.3 Å². The number of halogens is 3. The highest BCUT2D eigenvalue weighted by Crippen LogP contribution is 2.27. The Hall–Kier alpha value is -3.66. The van der Waals surface area contributed by atoms with Gasteiger partial charge in [0.1, 0.15) is 35.1 Å². The number of pyridine rings is 2. The van der Waals surface area contributed by atoms with Gasteiger partial charge in [-0.25, -0.2) is 18.2 Å². The molecule has 0 radical (unpaired) electrons. The summed E-state index contributed by atoms with van der Waals surface area (Å²) in [4.78, 5) is 24.4. The zero-order valence-electron chi connectivity index (χ0n) is 19.5. The van der Waals surface area contributed by atoms with Crippen molar-refractivity contribution >= 4 is 11.7 Å². The van der Waals surface area contributed by atoms with E-state index in [-0.39, 0.29) is 29.4 Å². The largest absolute Gasteiger partial charge is 0.484 e. The summed E-state index contributed by atoms with van der Waals surface area (Å²) in [6, 6.07) is 8.42. The van der Waals surface area contributed by atoms with E-state index in [1.165, 1.54) is 29.3 Å². The quantitative estimate of drug-likeness (QED) is 0.525. The second kappa shape index (κ2) is 10.7. The van der Waals surface area contributed by atoms with Crippen LogP contribution in [0.15, 0.2) is 48.8 Å². The van der Waals surface area contributed by atoms with Crippen LogP contribution in [0.25, 0.3) is 0 Å². The highest BCUT2D eigenvalue weighted by atomic mass is 19.1. The third-order valence-electron chi connectivity index (χ3n) is 5.81. The average Bonchev–Trinajstić information content (AvgIpc) is 2.95. The lowest BCUT2D eigenvalue weighted by Crippen LogP contribution is -2.34. The lowest BCUT2D eigenvalue weighted by molar-refractivity contribution is 0.0750. The minimum Gasteiger partial charge on any atom is -0.484 e. The van der Waals surface area contributed by atoms with Crippen LogP contribution in [0.4, 0.5) is 19.0 Å². The molecule has 2 aromatic heterocycles. The second-order valence-electron chi connectivity index (χ2n) is 8.33. The van der Waals surface area contributed by atoms with Crippen molar-refractivity contribution < 1.29 is 22.7 Å². The van der Waals surface area contributed by atoms with Gasteiger partial charge in [0.2, 0.25) is 0 Å². The normalized spacial score (nSPS) is 14.5. The maximum Gasteiger partial charge on any atom is 0.258 e. The number of fused-ring (bicyclic) bond motifs is 1. The number of likely N-dealkylation sites (N-methyl/N-ethyl adjacent to an activating group) is 1. The molecule has 0 spiro atoms. The maximum absolute atomic E-state index is 15.0. The highest BCUT2D eigenvalue weighted by molar-refractivity contribution is 5.99. The molecular weight excluding hydrogens is 459 g/mol. The Morgan fingerprint density at radius 2 is 1.91 bits per heavy atom. The number of anilines is 1. The molecule has 0 aliphatic carbocycles. The van der Waals surface area contributed by atoms with E-state index in [0.29, 0.717) is 37.4 Å². The zero-order chi connectivity index (χ0) is 24.9. The standard InChI is InChI=1S/C25H26F3N5O2/c1-29-7-6-23(16-4-3-5-17(26)10-16)35-19-12-21(28)22(30-14-19)15-33-9-8-32(2)24-20(25(33)34)11-18(27)13-31-24/h3-5,10-14,23,29H,6-9,15H2,1-2H3. The number of amides is 1. The molecule has 0 fully saturated rings. The molecule has 184 valence electrons. The summed E-state index contributed by atoms with van der Waals surface area (Å²) in [5, 5.41) is 3.02. The Labute approximate surface area is 201 Å². The van der Waals surface area contributed by atoms with Crippen molar-refractivity contribution in [1.29, 1.82) is 0 Å². The molecule has 0 saturated carbocycles. The van der Waals surface area contributed by atoms with Gasteiger partial charge in [-0.05, 0) is 37.4 Å². The molecule has 1 aliphatic rings.